The number of rotatable bonds is 7. The Kier molecular flexibility index (Phi) is 10.3. The zero-order valence-corrected chi connectivity index (χ0v) is 18.7. The maximum Gasteiger partial charge on any atom is 0.272 e. The molecule has 0 aliphatic carbocycles. The van der Waals surface area contributed by atoms with Crippen molar-refractivity contribution in [2.45, 2.75) is 45.8 Å². The third kappa shape index (κ3) is 7.77. The normalized spacial score (nSPS) is 20.7. The van der Waals surface area contributed by atoms with Gasteiger partial charge in [0, 0.05) is 38.8 Å². The van der Waals surface area contributed by atoms with E-state index in [2.05, 4.69) is 41.3 Å². The first-order valence-corrected chi connectivity index (χ1v) is 9.10. The highest BCUT2D eigenvalue weighted by atomic mass is 127. The lowest BCUT2D eigenvalue weighted by atomic mass is 10.1. The van der Waals surface area contributed by atoms with Crippen LogP contribution in [0.5, 0.6) is 5.75 Å². The number of likely N-dealkylation sites (tertiary alicyclic amines) is 1. The molecular weight excluding hydrogens is 465 g/mol. The Morgan fingerprint density at radius 2 is 2.07 bits per heavy atom. The van der Waals surface area contributed by atoms with Crippen LogP contribution in [0, 0.1) is 5.92 Å². The number of alkyl halides is 2. The van der Waals surface area contributed by atoms with E-state index in [1.807, 2.05) is 6.07 Å². The van der Waals surface area contributed by atoms with Crippen molar-refractivity contribution in [3.05, 3.63) is 29.8 Å². The smallest absolute Gasteiger partial charge is 0.272 e. The van der Waals surface area contributed by atoms with Crippen LogP contribution in [0.15, 0.2) is 29.3 Å². The first kappa shape index (κ1) is 23.9. The van der Waals surface area contributed by atoms with Crippen LogP contribution in [0.4, 0.5) is 8.78 Å². The van der Waals surface area contributed by atoms with Crippen molar-refractivity contribution in [2.24, 2.45) is 10.9 Å². The standard InChI is InChI=1S/C19H30F2N4O.HI/c1-13(2)25-10-14(3)17(11-25)24-19(22-4)23-9-15-6-5-7-16(8-15)26-12-18(20)21;/h5-8,13-14,17-18H,9-12H2,1-4H3,(H2,22,23,24);1H. The SMILES string of the molecule is CN=C(NCc1cccc(OCC(F)F)c1)NC1CN(C(C)C)CC1C.I. The van der Waals surface area contributed by atoms with Crippen molar-refractivity contribution in [2.75, 3.05) is 26.7 Å². The Morgan fingerprint density at radius 3 is 2.67 bits per heavy atom. The van der Waals surface area contributed by atoms with Gasteiger partial charge in [-0.05, 0) is 37.5 Å². The maximum atomic E-state index is 12.3. The fourth-order valence-corrected chi connectivity index (χ4v) is 3.07. The summed E-state index contributed by atoms with van der Waals surface area (Å²) in [5.74, 6) is 1.73. The number of halogens is 3. The molecule has 1 saturated heterocycles. The average Bonchev–Trinajstić information content (AvgIpc) is 2.98. The molecular formula is C19H31F2IN4O. The van der Waals surface area contributed by atoms with E-state index in [0.717, 1.165) is 24.6 Å². The van der Waals surface area contributed by atoms with Gasteiger partial charge in [0.15, 0.2) is 5.96 Å². The number of nitrogens with zero attached hydrogens (tertiary/aromatic N) is 2. The van der Waals surface area contributed by atoms with Crippen LogP contribution in [-0.2, 0) is 6.54 Å². The third-order valence-electron chi connectivity index (χ3n) is 4.65. The van der Waals surface area contributed by atoms with Crippen LogP contribution in [0.2, 0.25) is 0 Å². The minimum absolute atomic E-state index is 0. The van der Waals surface area contributed by atoms with Gasteiger partial charge in [-0.3, -0.25) is 9.89 Å². The van der Waals surface area contributed by atoms with Crippen molar-refractivity contribution in [1.29, 1.82) is 0 Å². The van der Waals surface area contributed by atoms with E-state index < -0.39 is 13.0 Å². The molecule has 0 aromatic heterocycles. The molecule has 0 amide bonds. The summed E-state index contributed by atoms with van der Waals surface area (Å²) >= 11 is 0. The molecule has 154 valence electrons. The second kappa shape index (κ2) is 11.6. The molecule has 0 spiro atoms. The van der Waals surface area contributed by atoms with Gasteiger partial charge < -0.3 is 15.4 Å². The molecule has 0 radical (unpaired) electrons. The highest BCUT2D eigenvalue weighted by molar-refractivity contribution is 14.0. The minimum Gasteiger partial charge on any atom is -0.488 e. The van der Waals surface area contributed by atoms with Gasteiger partial charge in [-0.15, -0.1) is 24.0 Å². The summed E-state index contributed by atoms with van der Waals surface area (Å²) in [4.78, 5) is 6.76. The zero-order valence-electron chi connectivity index (χ0n) is 16.4. The van der Waals surface area contributed by atoms with Crippen molar-refractivity contribution in [1.82, 2.24) is 15.5 Å². The number of nitrogens with one attached hydrogen (secondary N) is 2. The Labute approximate surface area is 178 Å². The molecule has 2 N–H and O–H groups in total. The molecule has 1 aromatic carbocycles. The third-order valence-corrected chi connectivity index (χ3v) is 4.65. The predicted octanol–water partition coefficient (Wildman–Crippen LogP) is 3.34. The molecule has 1 aromatic rings. The number of ether oxygens (including phenoxy) is 1. The van der Waals surface area contributed by atoms with Gasteiger partial charge in [0.2, 0.25) is 0 Å². The predicted molar refractivity (Wildman–Crippen MR) is 116 cm³/mol. The summed E-state index contributed by atoms with van der Waals surface area (Å²) in [5, 5.41) is 6.78. The summed E-state index contributed by atoms with van der Waals surface area (Å²) < 4.78 is 29.6. The molecule has 27 heavy (non-hydrogen) atoms. The van der Waals surface area contributed by atoms with Crippen LogP contribution in [-0.4, -0.2) is 56.1 Å². The topological polar surface area (TPSA) is 48.9 Å². The van der Waals surface area contributed by atoms with Crippen LogP contribution in [0.1, 0.15) is 26.3 Å². The molecule has 1 fully saturated rings. The number of hydrogen-bond acceptors (Lipinski definition) is 3. The van der Waals surface area contributed by atoms with Gasteiger partial charge in [0.25, 0.3) is 6.43 Å². The number of hydrogen-bond donors (Lipinski definition) is 2. The summed E-state index contributed by atoms with van der Waals surface area (Å²) in [6.07, 6.45) is -2.47. The average molecular weight is 496 g/mol. The van der Waals surface area contributed by atoms with E-state index in [4.69, 9.17) is 4.74 Å². The number of guanidine groups is 1. The fourth-order valence-electron chi connectivity index (χ4n) is 3.07. The molecule has 2 atom stereocenters. The lowest BCUT2D eigenvalue weighted by Crippen LogP contribution is -2.46. The monoisotopic (exact) mass is 496 g/mol. The van der Waals surface area contributed by atoms with Crippen LogP contribution >= 0.6 is 24.0 Å². The van der Waals surface area contributed by atoms with Crippen molar-refractivity contribution >= 4 is 29.9 Å². The maximum absolute atomic E-state index is 12.3. The van der Waals surface area contributed by atoms with Gasteiger partial charge in [0.1, 0.15) is 12.4 Å². The molecule has 0 bridgehead atoms. The highest BCUT2D eigenvalue weighted by Crippen LogP contribution is 2.18. The molecule has 1 heterocycles. The summed E-state index contributed by atoms with van der Waals surface area (Å²) in [6.45, 7) is 8.70. The second-order valence-electron chi connectivity index (χ2n) is 7.05. The molecule has 2 rings (SSSR count). The molecule has 0 saturated carbocycles. The highest BCUT2D eigenvalue weighted by Gasteiger charge is 2.31. The van der Waals surface area contributed by atoms with Crippen molar-refractivity contribution in [3.8, 4) is 5.75 Å². The second-order valence-corrected chi connectivity index (χ2v) is 7.05. The molecule has 5 nitrogen and oxygen atoms in total. The Hall–Kier alpha value is -1.16. The minimum atomic E-state index is -2.47. The van der Waals surface area contributed by atoms with Gasteiger partial charge >= 0.3 is 0 Å². The largest absolute Gasteiger partial charge is 0.488 e. The zero-order chi connectivity index (χ0) is 19.1. The lowest BCUT2D eigenvalue weighted by Gasteiger charge is -2.22. The summed E-state index contributed by atoms with van der Waals surface area (Å²) in [7, 11) is 1.75. The van der Waals surface area contributed by atoms with Gasteiger partial charge in [-0.2, -0.15) is 0 Å². The first-order chi connectivity index (χ1) is 12.4. The van der Waals surface area contributed by atoms with E-state index in [9.17, 15) is 8.78 Å². The Morgan fingerprint density at radius 1 is 1.33 bits per heavy atom. The molecule has 2 unspecified atom stereocenters. The number of aliphatic imine (C=N–C) groups is 1. The van der Waals surface area contributed by atoms with E-state index in [1.165, 1.54) is 0 Å². The summed E-state index contributed by atoms with van der Waals surface area (Å²) in [5.41, 5.74) is 0.947. The van der Waals surface area contributed by atoms with E-state index >= 15 is 0 Å². The van der Waals surface area contributed by atoms with Crippen molar-refractivity contribution in [3.63, 3.8) is 0 Å². The van der Waals surface area contributed by atoms with E-state index in [1.54, 1.807) is 25.2 Å². The van der Waals surface area contributed by atoms with Crippen molar-refractivity contribution < 1.29 is 13.5 Å². The van der Waals surface area contributed by atoms with Crippen LogP contribution in [0.3, 0.4) is 0 Å². The molecule has 1 aliphatic rings. The van der Waals surface area contributed by atoms with E-state index in [0.29, 0.717) is 30.3 Å². The van der Waals surface area contributed by atoms with Gasteiger partial charge in [-0.25, -0.2) is 8.78 Å². The lowest BCUT2D eigenvalue weighted by molar-refractivity contribution is 0.0818. The molecule has 8 heteroatoms. The Bertz CT molecular complexity index is 601. The van der Waals surface area contributed by atoms with Crippen LogP contribution in [0.25, 0.3) is 0 Å². The van der Waals surface area contributed by atoms with Gasteiger partial charge in [-0.1, -0.05) is 19.1 Å². The Balaban J connectivity index is 0.00000364. The van der Waals surface area contributed by atoms with E-state index in [-0.39, 0.29) is 24.0 Å². The fraction of sp³-hybridized carbons (Fsp3) is 0.632. The quantitative estimate of drug-likeness (QED) is 0.346. The first-order valence-electron chi connectivity index (χ1n) is 9.10. The summed E-state index contributed by atoms with van der Waals surface area (Å²) in [6, 6.07) is 8.06. The molecule has 1 aliphatic heterocycles. The number of benzene rings is 1. The van der Waals surface area contributed by atoms with Gasteiger partial charge in [0.05, 0.1) is 0 Å². The van der Waals surface area contributed by atoms with Crippen LogP contribution < -0.4 is 15.4 Å².